The van der Waals surface area contributed by atoms with Crippen LogP contribution in [-0.2, 0) is 4.74 Å². The van der Waals surface area contributed by atoms with Gasteiger partial charge in [0, 0.05) is 31.5 Å². The lowest BCUT2D eigenvalue weighted by Crippen LogP contribution is -2.24. The molecule has 0 aliphatic rings. The molecule has 1 rings (SSSR count). The highest BCUT2D eigenvalue weighted by Crippen LogP contribution is 2.30. The molecule has 1 unspecified atom stereocenters. The SMILES string of the molecule is COCC(O)CNc1ccc([N+](=O)[O-])c(OC(C)C)c1. The predicted molar refractivity (Wildman–Crippen MR) is 75.2 cm³/mol. The van der Waals surface area contributed by atoms with E-state index in [1.807, 2.05) is 0 Å². The van der Waals surface area contributed by atoms with E-state index in [-0.39, 0.29) is 30.7 Å². The van der Waals surface area contributed by atoms with Gasteiger partial charge in [-0.05, 0) is 19.9 Å². The number of nitrogens with zero attached hydrogens (tertiary/aromatic N) is 1. The van der Waals surface area contributed by atoms with E-state index in [4.69, 9.17) is 9.47 Å². The molecule has 112 valence electrons. The summed E-state index contributed by atoms with van der Waals surface area (Å²) in [5, 5.41) is 23.4. The van der Waals surface area contributed by atoms with Crippen LogP contribution >= 0.6 is 0 Å². The normalized spacial score (nSPS) is 12.2. The molecule has 7 nitrogen and oxygen atoms in total. The van der Waals surface area contributed by atoms with Crippen molar-refractivity contribution in [3.63, 3.8) is 0 Å². The second kappa shape index (κ2) is 7.66. The third-order valence-electron chi connectivity index (χ3n) is 2.42. The molecule has 0 radical (unpaired) electrons. The Balaban J connectivity index is 2.81. The lowest BCUT2D eigenvalue weighted by atomic mass is 10.2. The quantitative estimate of drug-likeness (QED) is 0.558. The first-order valence-corrected chi connectivity index (χ1v) is 6.30. The summed E-state index contributed by atoms with van der Waals surface area (Å²) in [7, 11) is 1.50. The first kappa shape index (κ1) is 16.2. The largest absolute Gasteiger partial charge is 0.484 e. The Bertz CT molecular complexity index is 450. The van der Waals surface area contributed by atoms with Gasteiger partial charge in [0.05, 0.1) is 23.7 Å². The number of nitro benzene ring substituents is 1. The fraction of sp³-hybridized carbons (Fsp3) is 0.538. The molecule has 0 saturated heterocycles. The topological polar surface area (TPSA) is 93.9 Å². The summed E-state index contributed by atoms with van der Waals surface area (Å²) in [5.74, 6) is 0.205. The third-order valence-corrected chi connectivity index (χ3v) is 2.42. The molecule has 1 aromatic carbocycles. The van der Waals surface area contributed by atoms with E-state index in [0.717, 1.165) is 0 Å². The highest BCUT2D eigenvalue weighted by Gasteiger charge is 2.17. The fourth-order valence-electron chi connectivity index (χ4n) is 1.61. The Morgan fingerprint density at radius 1 is 1.45 bits per heavy atom. The zero-order valence-corrected chi connectivity index (χ0v) is 11.8. The maximum atomic E-state index is 10.9. The fourth-order valence-corrected chi connectivity index (χ4v) is 1.61. The van der Waals surface area contributed by atoms with Crippen LogP contribution in [0.5, 0.6) is 5.75 Å². The molecule has 0 aliphatic heterocycles. The number of hydrogen-bond donors (Lipinski definition) is 2. The van der Waals surface area contributed by atoms with Gasteiger partial charge in [-0.3, -0.25) is 10.1 Å². The van der Waals surface area contributed by atoms with Crippen LogP contribution in [-0.4, -0.2) is 42.5 Å². The summed E-state index contributed by atoms with van der Waals surface area (Å²) in [5.41, 5.74) is 0.558. The predicted octanol–water partition coefficient (Wildman–Crippen LogP) is 1.80. The number of ether oxygens (including phenoxy) is 2. The number of rotatable bonds is 8. The van der Waals surface area contributed by atoms with Crippen molar-refractivity contribution >= 4 is 11.4 Å². The Labute approximate surface area is 117 Å². The van der Waals surface area contributed by atoms with Crippen molar-refractivity contribution in [2.75, 3.05) is 25.6 Å². The molecule has 0 aromatic heterocycles. The summed E-state index contributed by atoms with van der Waals surface area (Å²) in [6, 6.07) is 4.51. The van der Waals surface area contributed by atoms with Gasteiger partial charge in [0.1, 0.15) is 0 Å². The first-order valence-electron chi connectivity index (χ1n) is 6.30. The monoisotopic (exact) mass is 284 g/mol. The van der Waals surface area contributed by atoms with E-state index in [0.29, 0.717) is 5.69 Å². The van der Waals surface area contributed by atoms with Crippen LogP contribution in [0, 0.1) is 10.1 Å². The smallest absolute Gasteiger partial charge is 0.311 e. The Hall–Kier alpha value is -1.86. The lowest BCUT2D eigenvalue weighted by Gasteiger charge is -2.14. The molecule has 0 heterocycles. The highest BCUT2D eigenvalue weighted by molar-refractivity contribution is 5.58. The summed E-state index contributed by atoms with van der Waals surface area (Å²) >= 11 is 0. The molecular formula is C13H20N2O5. The summed E-state index contributed by atoms with van der Waals surface area (Å²) in [6.45, 7) is 4.10. The maximum absolute atomic E-state index is 10.9. The molecule has 0 amide bonds. The maximum Gasteiger partial charge on any atom is 0.311 e. The van der Waals surface area contributed by atoms with Crippen LogP contribution in [0.15, 0.2) is 18.2 Å². The summed E-state index contributed by atoms with van der Waals surface area (Å²) < 4.78 is 10.2. The van der Waals surface area contributed by atoms with Crippen LogP contribution < -0.4 is 10.1 Å². The average Bonchev–Trinajstić information content (AvgIpc) is 2.36. The van der Waals surface area contributed by atoms with Crippen LogP contribution in [0.4, 0.5) is 11.4 Å². The second-order valence-electron chi connectivity index (χ2n) is 4.60. The van der Waals surface area contributed by atoms with Crippen molar-refractivity contribution in [3.05, 3.63) is 28.3 Å². The number of hydrogen-bond acceptors (Lipinski definition) is 6. The van der Waals surface area contributed by atoms with Gasteiger partial charge in [-0.15, -0.1) is 0 Å². The molecule has 20 heavy (non-hydrogen) atoms. The van der Waals surface area contributed by atoms with Gasteiger partial charge in [0.25, 0.3) is 0 Å². The minimum Gasteiger partial charge on any atom is -0.484 e. The third kappa shape index (κ3) is 5.02. The van der Waals surface area contributed by atoms with Gasteiger partial charge in [0.15, 0.2) is 5.75 Å². The Morgan fingerprint density at radius 3 is 2.70 bits per heavy atom. The minimum absolute atomic E-state index is 0.0818. The zero-order chi connectivity index (χ0) is 15.1. The summed E-state index contributed by atoms with van der Waals surface area (Å²) in [4.78, 5) is 10.4. The van der Waals surface area contributed by atoms with Crippen LogP contribution in [0.25, 0.3) is 0 Å². The Kier molecular flexibility index (Phi) is 6.20. The highest BCUT2D eigenvalue weighted by atomic mass is 16.6. The molecule has 0 saturated carbocycles. The molecule has 2 N–H and O–H groups in total. The van der Waals surface area contributed by atoms with Crippen molar-refractivity contribution in [2.45, 2.75) is 26.1 Å². The van der Waals surface area contributed by atoms with Gasteiger partial charge >= 0.3 is 5.69 Å². The molecule has 1 aromatic rings. The molecule has 7 heteroatoms. The number of benzene rings is 1. The molecule has 0 aliphatic carbocycles. The van der Waals surface area contributed by atoms with Crippen molar-refractivity contribution in [3.8, 4) is 5.75 Å². The molecule has 0 bridgehead atoms. The van der Waals surface area contributed by atoms with Crippen molar-refractivity contribution in [1.29, 1.82) is 0 Å². The van der Waals surface area contributed by atoms with Gasteiger partial charge in [-0.25, -0.2) is 0 Å². The van der Waals surface area contributed by atoms with Gasteiger partial charge in [-0.1, -0.05) is 0 Å². The number of anilines is 1. The van der Waals surface area contributed by atoms with Gasteiger partial charge in [0.2, 0.25) is 0 Å². The average molecular weight is 284 g/mol. The number of aliphatic hydroxyl groups is 1. The number of aliphatic hydroxyl groups excluding tert-OH is 1. The van der Waals surface area contributed by atoms with Gasteiger partial charge in [-0.2, -0.15) is 0 Å². The number of nitrogens with one attached hydrogen (secondary N) is 1. The van der Waals surface area contributed by atoms with Crippen LogP contribution in [0.2, 0.25) is 0 Å². The van der Waals surface area contributed by atoms with E-state index in [9.17, 15) is 15.2 Å². The van der Waals surface area contributed by atoms with E-state index in [1.165, 1.54) is 13.2 Å². The molecule has 0 fully saturated rings. The number of methoxy groups -OCH3 is 1. The molecule has 0 spiro atoms. The summed E-state index contributed by atoms with van der Waals surface area (Å²) in [6.07, 6.45) is -0.812. The van der Waals surface area contributed by atoms with E-state index in [1.54, 1.807) is 26.0 Å². The van der Waals surface area contributed by atoms with Gasteiger partial charge < -0.3 is 19.9 Å². The Morgan fingerprint density at radius 2 is 2.15 bits per heavy atom. The molecular weight excluding hydrogens is 264 g/mol. The minimum atomic E-state index is -0.648. The van der Waals surface area contributed by atoms with Crippen LogP contribution in [0.3, 0.4) is 0 Å². The zero-order valence-electron chi connectivity index (χ0n) is 11.8. The van der Waals surface area contributed by atoms with Crippen molar-refractivity contribution < 1.29 is 19.5 Å². The van der Waals surface area contributed by atoms with Crippen LogP contribution in [0.1, 0.15) is 13.8 Å². The number of nitro groups is 1. The van der Waals surface area contributed by atoms with Crippen molar-refractivity contribution in [1.82, 2.24) is 0 Å². The van der Waals surface area contributed by atoms with E-state index in [2.05, 4.69) is 5.32 Å². The first-order chi connectivity index (χ1) is 9.43. The second-order valence-corrected chi connectivity index (χ2v) is 4.60. The molecule has 1 atom stereocenters. The van der Waals surface area contributed by atoms with Crippen molar-refractivity contribution in [2.24, 2.45) is 0 Å². The lowest BCUT2D eigenvalue weighted by molar-refractivity contribution is -0.386. The van der Waals surface area contributed by atoms with E-state index < -0.39 is 11.0 Å². The van der Waals surface area contributed by atoms with E-state index >= 15 is 0 Å². The standard InChI is InChI=1S/C13H20N2O5/c1-9(2)20-13-6-10(4-5-12(13)15(17)18)14-7-11(16)8-19-3/h4-6,9,11,14,16H,7-8H2,1-3H3.